The van der Waals surface area contributed by atoms with Crippen LogP contribution in [0.5, 0.6) is 5.75 Å². The van der Waals surface area contributed by atoms with Gasteiger partial charge in [-0.2, -0.15) is 0 Å². The lowest BCUT2D eigenvalue weighted by atomic mass is 9.79. The van der Waals surface area contributed by atoms with E-state index in [9.17, 15) is 4.79 Å². The Hall–Kier alpha value is -1.53. The van der Waals surface area contributed by atoms with E-state index in [-0.39, 0.29) is 17.1 Å². The second-order valence-electron chi connectivity index (χ2n) is 7.17. The number of rotatable bonds is 3. The van der Waals surface area contributed by atoms with Crippen LogP contribution in [0.4, 0.5) is 5.69 Å². The smallest absolute Gasteiger partial charge is 0.494 e. The van der Waals surface area contributed by atoms with Gasteiger partial charge in [-0.3, -0.25) is 4.79 Å². The third-order valence-electron chi connectivity index (χ3n) is 5.09. The summed E-state index contributed by atoms with van der Waals surface area (Å²) in [6, 6.07) is 5.76. The number of ether oxygens (including phenoxy) is 1. The van der Waals surface area contributed by atoms with Crippen molar-refractivity contribution in [2.75, 3.05) is 18.6 Å². The summed E-state index contributed by atoms with van der Waals surface area (Å²) in [5.74, 6) is 0.829. The lowest BCUT2D eigenvalue weighted by molar-refractivity contribution is -0.117. The summed E-state index contributed by atoms with van der Waals surface area (Å²) < 4.78 is 17.6. The van der Waals surface area contributed by atoms with Crippen molar-refractivity contribution in [3.05, 3.63) is 18.2 Å². The van der Waals surface area contributed by atoms with Gasteiger partial charge >= 0.3 is 7.12 Å². The Bertz CT molecular complexity index is 613. The van der Waals surface area contributed by atoms with E-state index in [2.05, 4.69) is 0 Å². The fourth-order valence-electron chi connectivity index (χ4n) is 2.95. The summed E-state index contributed by atoms with van der Waals surface area (Å²) in [5, 5.41) is 0. The van der Waals surface area contributed by atoms with E-state index in [0.717, 1.165) is 24.1 Å². The molecular formula is C17H24BNO4. The highest BCUT2D eigenvalue weighted by molar-refractivity contribution is 6.62. The average Bonchev–Trinajstić information content (AvgIpc) is 2.99. The van der Waals surface area contributed by atoms with E-state index in [1.54, 1.807) is 12.0 Å². The number of hydrogen-bond donors (Lipinski definition) is 0. The maximum Gasteiger partial charge on any atom is 0.494 e. The number of carbonyl (C=O) groups is 1. The summed E-state index contributed by atoms with van der Waals surface area (Å²) in [6.45, 7) is 8.84. The molecule has 0 N–H and O–H groups in total. The molecule has 1 amide bonds. The summed E-state index contributed by atoms with van der Waals surface area (Å²) in [7, 11) is 1.18. The van der Waals surface area contributed by atoms with Crippen LogP contribution in [-0.2, 0) is 14.1 Å². The maximum absolute atomic E-state index is 12.1. The third kappa shape index (κ3) is 2.74. The van der Waals surface area contributed by atoms with Crippen LogP contribution in [0.2, 0.25) is 0 Å². The van der Waals surface area contributed by atoms with Crippen LogP contribution in [0, 0.1) is 0 Å². The van der Waals surface area contributed by atoms with Crippen LogP contribution < -0.4 is 15.1 Å². The van der Waals surface area contributed by atoms with E-state index >= 15 is 0 Å². The van der Waals surface area contributed by atoms with Crippen LogP contribution in [0.25, 0.3) is 0 Å². The Morgan fingerprint density at radius 3 is 2.35 bits per heavy atom. The van der Waals surface area contributed by atoms with Crippen LogP contribution in [0.3, 0.4) is 0 Å². The SMILES string of the molecule is COc1ccc(B2OC(C)(C)C(C)(C)O2)cc1N1CCCC1=O. The maximum atomic E-state index is 12.1. The summed E-state index contributed by atoms with van der Waals surface area (Å²) >= 11 is 0. The molecular weight excluding hydrogens is 293 g/mol. The van der Waals surface area contributed by atoms with E-state index in [0.29, 0.717) is 12.2 Å². The van der Waals surface area contributed by atoms with Crippen LogP contribution in [0.1, 0.15) is 40.5 Å². The monoisotopic (exact) mass is 317 g/mol. The fourth-order valence-corrected chi connectivity index (χ4v) is 2.95. The molecule has 6 heteroatoms. The zero-order valence-corrected chi connectivity index (χ0v) is 14.5. The van der Waals surface area contributed by atoms with Gasteiger partial charge in [0.05, 0.1) is 24.0 Å². The summed E-state index contributed by atoms with van der Waals surface area (Å²) in [5.41, 5.74) is 0.920. The molecule has 2 fully saturated rings. The zero-order chi connectivity index (χ0) is 16.8. The fraction of sp³-hybridized carbons (Fsp3) is 0.588. The number of carbonyl (C=O) groups excluding carboxylic acids is 1. The van der Waals surface area contributed by atoms with Crippen molar-refractivity contribution in [3.8, 4) is 5.75 Å². The zero-order valence-electron chi connectivity index (χ0n) is 14.5. The Labute approximate surface area is 138 Å². The molecule has 0 radical (unpaired) electrons. The third-order valence-corrected chi connectivity index (χ3v) is 5.09. The van der Waals surface area contributed by atoms with Gasteiger partial charge in [-0.15, -0.1) is 0 Å². The molecule has 0 saturated carbocycles. The predicted molar refractivity (Wildman–Crippen MR) is 90.3 cm³/mol. The molecule has 5 nitrogen and oxygen atoms in total. The number of hydrogen-bond acceptors (Lipinski definition) is 4. The second kappa shape index (κ2) is 5.53. The Kier molecular flexibility index (Phi) is 3.93. The van der Waals surface area contributed by atoms with E-state index in [4.69, 9.17) is 14.0 Å². The summed E-state index contributed by atoms with van der Waals surface area (Å²) in [4.78, 5) is 13.9. The summed E-state index contributed by atoms with van der Waals surface area (Å²) in [6.07, 6.45) is 1.46. The van der Waals surface area contributed by atoms with Crippen molar-refractivity contribution >= 4 is 24.2 Å². The molecule has 0 aliphatic carbocycles. The second-order valence-corrected chi connectivity index (χ2v) is 7.17. The van der Waals surface area contributed by atoms with Crippen molar-refractivity contribution < 1.29 is 18.8 Å². The molecule has 1 aromatic rings. The van der Waals surface area contributed by atoms with Crippen molar-refractivity contribution in [3.63, 3.8) is 0 Å². The Balaban J connectivity index is 1.95. The van der Waals surface area contributed by atoms with Crippen molar-refractivity contribution in [1.82, 2.24) is 0 Å². The number of nitrogens with zero attached hydrogens (tertiary/aromatic N) is 1. The highest BCUT2D eigenvalue weighted by Crippen LogP contribution is 2.37. The van der Waals surface area contributed by atoms with E-state index < -0.39 is 7.12 Å². The lowest BCUT2D eigenvalue weighted by Gasteiger charge is -2.32. The van der Waals surface area contributed by atoms with Crippen LogP contribution in [-0.4, -0.2) is 37.9 Å². The number of amides is 1. The number of anilines is 1. The highest BCUT2D eigenvalue weighted by atomic mass is 16.7. The van der Waals surface area contributed by atoms with Gasteiger partial charge in [-0.1, -0.05) is 6.07 Å². The van der Waals surface area contributed by atoms with Crippen LogP contribution in [0.15, 0.2) is 18.2 Å². The Morgan fingerprint density at radius 1 is 1.17 bits per heavy atom. The van der Waals surface area contributed by atoms with Gasteiger partial charge in [0, 0.05) is 13.0 Å². The first-order valence-electron chi connectivity index (χ1n) is 8.09. The van der Waals surface area contributed by atoms with Gasteiger partial charge in [0.1, 0.15) is 5.75 Å². The topological polar surface area (TPSA) is 48.0 Å². The minimum absolute atomic E-state index is 0.134. The predicted octanol–water partition coefficient (Wildman–Crippen LogP) is 2.12. The molecule has 0 atom stereocenters. The molecule has 2 aliphatic rings. The highest BCUT2D eigenvalue weighted by Gasteiger charge is 2.51. The van der Waals surface area contributed by atoms with E-state index in [1.807, 2.05) is 45.9 Å². The van der Waals surface area contributed by atoms with Gasteiger partial charge in [-0.25, -0.2) is 0 Å². The van der Waals surface area contributed by atoms with Gasteiger partial charge in [-0.05, 0) is 51.7 Å². The first kappa shape index (κ1) is 16.3. The molecule has 0 spiro atoms. The standard InChI is InChI=1S/C17H24BNO4/c1-16(2)17(3,4)23-18(22-16)12-8-9-14(21-5)13(11-12)19-10-6-7-15(19)20/h8-9,11H,6-7,10H2,1-5H3. The lowest BCUT2D eigenvalue weighted by Crippen LogP contribution is -2.41. The van der Waals surface area contributed by atoms with Gasteiger partial charge in [0.15, 0.2) is 0 Å². The largest absolute Gasteiger partial charge is 0.495 e. The molecule has 23 heavy (non-hydrogen) atoms. The normalized spacial score (nSPS) is 22.7. The van der Waals surface area contributed by atoms with Crippen molar-refractivity contribution in [2.24, 2.45) is 0 Å². The van der Waals surface area contributed by atoms with Crippen molar-refractivity contribution in [2.45, 2.75) is 51.7 Å². The quantitative estimate of drug-likeness (QED) is 0.801. The van der Waals surface area contributed by atoms with Gasteiger partial charge in [0.2, 0.25) is 5.91 Å². The van der Waals surface area contributed by atoms with Gasteiger partial charge < -0.3 is 18.9 Å². The number of benzene rings is 1. The molecule has 3 rings (SSSR count). The van der Waals surface area contributed by atoms with Crippen LogP contribution >= 0.6 is 0 Å². The minimum atomic E-state index is -0.442. The average molecular weight is 317 g/mol. The first-order valence-corrected chi connectivity index (χ1v) is 8.09. The number of methoxy groups -OCH3 is 1. The molecule has 1 aromatic carbocycles. The minimum Gasteiger partial charge on any atom is -0.495 e. The van der Waals surface area contributed by atoms with Gasteiger partial charge in [0.25, 0.3) is 0 Å². The molecule has 2 aliphatic heterocycles. The molecule has 124 valence electrons. The Morgan fingerprint density at radius 2 is 1.83 bits per heavy atom. The molecule has 0 aromatic heterocycles. The van der Waals surface area contributed by atoms with E-state index in [1.165, 1.54) is 0 Å². The molecule has 0 bridgehead atoms. The molecule has 2 saturated heterocycles. The first-order chi connectivity index (χ1) is 10.7. The molecule has 2 heterocycles. The van der Waals surface area contributed by atoms with Crippen molar-refractivity contribution in [1.29, 1.82) is 0 Å². The molecule has 0 unspecified atom stereocenters.